The van der Waals surface area contributed by atoms with Crippen molar-refractivity contribution in [1.82, 2.24) is 0 Å². The lowest BCUT2D eigenvalue weighted by Crippen LogP contribution is -2.27. The monoisotopic (exact) mass is 283 g/mol. The fourth-order valence-electron chi connectivity index (χ4n) is 2.06. The Balaban J connectivity index is 2.30. The largest absolute Gasteiger partial charge is 0.392 e. The van der Waals surface area contributed by atoms with E-state index in [1.807, 2.05) is 12.1 Å². The van der Waals surface area contributed by atoms with Gasteiger partial charge in [0.15, 0.2) is 0 Å². The van der Waals surface area contributed by atoms with Gasteiger partial charge in [-0.3, -0.25) is 0 Å². The van der Waals surface area contributed by atoms with Gasteiger partial charge in [-0.25, -0.2) is 0 Å². The van der Waals surface area contributed by atoms with Crippen LogP contribution in [-0.2, 0) is 6.61 Å². The van der Waals surface area contributed by atoms with E-state index in [9.17, 15) is 5.11 Å². The van der Waals surface area contributed by atoms with E-state index >= 15 is 0 Å². The number of hydrogen-bond donors (Lipinski definition) is 1. The second-order valence-electron chi connectivity index (χ2n) is 4.36. The number of nitrogens with zero attached hydrogens (tertiary/aromatic N) is 1. The molecule has 0 aromatic heterocycles. The molecule has 1 aliphatic rings. The van der Waals surface area contributed by atoms with Crippen molar-refractivity contribution in [1.29, 1.82) is 0 Å². The summed E-state index contributed by atoms with van der Waals surface area (Å²) in [5.41, 5.74) is 2.23. The highest BCUT2D eigenvalue weighted by atomic mass is 79.9. The summed E-state index contributed by atoms with van der Waals surface area (Å²) >= 11 is 3.51. The first-order valence-electron chi connectivity index (χ1n) is 5.92. The van der Waals surface area contributed by atoms with Crippen LogP contribution in [0.4, 0.5) is 5.69 Å². The van der Waals surface area contributed by atoms with E-state index in [2.05, 4.69) is 33.8 Å². The molecular formula is C13H18BrNO. The normalized spacial score (nSPS) is 15.2. The second kappa shape index (κ2) is 5.19. The van der Waals surface area contributed by atoms with Crippen LogP contribution in [0.1, 0.15) is 31.7 Å². The summed E-state index contributed by atoms with van der Waals surface area (Å²) in [7, 11) is 0. The molecule has 16 heavy (non-hydrogen) atoms. The van der Waals surface area contributed by atoms with Gasteiger partial charge in [0.1, 0.15) is 0 Å². The summed E-state index contributed by atoms with van der Waals surface area (Å²) < 4.78 is 1.08. The number of rotatable bonds is 5. The minimum atomic E-state index is 0.121. The van der Waals surface area contributed by atoms with Gasteiger partial charge in [0.05, 0.1) is 6.61 Å². The van der Waals surface area contributed by atoms with E-state index in [1.54, 1.807) is 0 Å². The van der Waals surface area contributed by atoms with Gasteiger partial charge in [-0.15, -0.1) is 0 Å². The molecule has 1 saturated carbocycles. The Morgan fingerprint density at radius 1 is 1.44 bits per heavy atom. The lowest BCUT2D eigenvalue weighted by Gasteiger charge is -2.26. The van der Waals surface area contributed by atoms with Crippen LogP contribution in [0.15, 0.2) is 22.7 Å². The first-order valence-corrected chi connectivity index (χ1v) is 6.71. The van der Waals surface area contributed by atoms with Gasteiger partial charge in [-0.1, -0.05) is 28.9 Å². The maximum absolute atomic E-state index is 9.39. The molecule has 0 atom stereocenters. The average molecular weight is 284 g/mol. The van der Waals surface area contributed by atoms with Crippen molar-refractivity contribution in [2.45, 2.75) is 38.8 Å². The molecule has 1 N–H and O–H groups in total. The third-order valence-corrected chi connectivity index (χ3v) is 3.47. The second-order valence-corrected chi connectivity index (χ2v) is 5.27. The van der Waals surface area contributed by atoms with Crippen molar-refractivity contribution in [3.05, 3.63) is 28.2 Å². The average Bonchev–Trinajstić information content (AvgIpc) is 3.10. The highest BCUT2D eigenvalue weighted by molar-refractivity contribution is 9.10. The molecule has 3 heteroatoms. The molecule has 0 unspecified atom stereocenters. The van der Waals surface area contributed by atoms with Crippen LogP contribution in [-0.4, -0.2) is 17.7 Å². The highest BCUT2D eigenvalue weighted by Crippen LogP contribution is 2.35. The molecule has 0 spiro atoms. The Morgan fingerprint density at radius 2 is 2.19 bits per heavy atom. The smallest absolute Gasteiger partial charge is 0.0702 e. The summed E-state index contributed by atoms with van der Waals surface area (Å²) in [5.74, 6) is 0. The molecule has 0 radical (unpaired) electrons. The van der Waals surface area contributed by atoms with Gasteiger partial charge in [0.2, 0.25) is 0 Å². The molecule has 1 aliphatic carbocycles. The zero-order valence-electron chi connectivity index (χ0n) is 9.62. The van der Waals surface area contributed by atoms with Crippen molar-refractivity contribution in [2.24, 2.45) is 0 Å². The number of halogens is 1. The number of aliphatic hydroxyl groups excluding tert-OH is 1. The topological polar surface area (TPSA) is 23.5 Å². The van der Waals surface area contributed by atoms with Crippen molar-refractivity contribution in [3.8, 4) is 0 Å². The summed E-state index contributed by atoms with van der Waals surface area (Å²) in [4.78, 5) is 2.44. The highest BCUT2D eigenvalue weighted by Gasteiger charge is 2.29. The zero-order valence-corrected chi connectivity index (χ0v) is 11.2. The number of anilines is 1. The van der Waals surface area contributed by atoms with E-state index in [1.165, 1.54) is 18.5 Å². The Labute approximate surface area is 105 Å². The first kappa shape index (κ1) is 11.9. The molecule has 0 amide bonds. The van der Waals surface area contributed by atoms with Crippen molar-refractivity contribution < 1.29 is 5.11 Å². The fraction of sp³-hybridized carbons (Fsp3) is 0.538. The van der Waals surface area contributed by atoms with Gasteiger partial charge < -0.3 is 10.0 Å². The predicted molar refractivity (Wildman–Crippen MR) is 70.7 cm³/mol. The molecule has 1 aromatic carbocycles. The van der Waals surface area contributed by atoms with Crippen LogP contribution < -0.4 is 4.90 Å². The van der Waals surface area contributed by atoms with Crippen LogP contribution in [0.2, 0.25) is 0 Å². The summed E-state index contributed by atoms with van der Waals surface area (Å²) in [5, 5.41) is 9.39. The third kappa shape index (κ3) is 2.58. The number of hydrogen-bond acceptors (Lipinski definition) is 2. The Morgan fingerprint density at radius 3 is 2.75 bits per heavy atom. The quantitative estimate of drug-likeness (QED) is 0.896. The minimum Gasteiger partial charge on any atom is -0.392 e. The Bertz CT molecular complexity index is 363. The van der Waals surface area contributed by atoms with Crippen LogP contribution in [0.25, 0.3) is 0 Å². The molecule has 88 valence electrons. The Kier molecular flexibility index (Phi) is 3.87. The first-order chi connectivity index (χ1) is 7.76. The van der Waals surface area contributed by atoms with Gasteiger partial charge in [0, 0.05) is 28.3 Å². The predicted octanol–water partition coefficient (Wildman–Crippen LogP) is 3.32. The van der Waals surface area contributed by atoms with E-state index < -0.39 is 0 Å². The number of aliphatic hydroxyl groups is 1. The van der Waals surface area contributed by atoms with Gasteiger partial charge in [0.25, 0.3) is 0 Å². The maximum atomic E-state index is 9.39. The van der Waals surface area contributed by atoms with E-state index in [-0.39, 0.29) is 6.61 Å². The molecule has 2 nitrogen and oxygen atoms in total. The molecule has 0 saturated heterocycles. The van der Waals surface area contributed by atoms with Crippen LogP contribution in [0, 0.1) is 0 Å². The van der Waals surface area contributed by atoms with E-state index in [4.69, 9.17) is 0 Å². The standard InChI is InChI=1S/C13H18BrNO/c1-2-7-15(12-5-6-12)13-8-11(14)4-3-10(13)9-16/h3-4,8,12,16H,2,5-7,9H2,1H3. The molecule has 2 rings (SSSR count). The fourth-order valence-corrected chi connectivity index (χ4v) is 2.41. The number of benzene rings is 1. The van der Waals surface area contributed by atoms with Crippen molar-refractivity contribution >= 4 is 21.6 Å². The van der Waals surface area contributed by atoms with Crippen LogP contribution >= 0.6 is 15.9 Å². The van der Waals surface area contributed by atoms with Crippen molar-refractivity contribution in [3.63, 3.8) is 0 Å². The van der Waals surface area contributed by atoms with E-state index in [0.29, 0.717) is 6.04 Å². The lowest BCUT2D eigenvalue weighted by atomic mass is 10.1. The zero-order chi connectivity index (χ0) is 11.5. The minimum absolute atomic E-state index is 0.121. The summed E-state index contributed by atoms with van der Waals surface area (Å²) in [6, 6.07) is 6.82. The van der Waals surface area contributed by atoms with Crippen LogP contribution in [0.3, 0.4) is 0 Å². The van der Waals surface area contributed by atoms with Gasteiger partial charge in [-0.05, 0) is 31.4 Å². The van der Waals surface area contributed by atoms with Crippen molar-refractivity contribution in [2.75, 3.05) is 11.4 Å². The SMILES string of the molecule is CCCN(c1cc(Br)ccc1CO)C1CC1. The maximum Gasteiger partial charge on any atom is 0.0702 e. The summed E-state index contributed by atoms with van der Waals surface area (Å²) in [6.07, 6.45) is 3.72. The molecule has 0 bridgehead atoms. The van der Waals surface area contributed by atoms with Gasteiger partial charge >= 0.3 is 0 Å². The molecule has 1 fully saturated rings. The summed E-state index contributed by atoms with van der Waals surface area (Å²) in [6.45, 7) is 3.40. The molecule has 0 heterocycles. The molecular weight excluding hydrogens is 266 g/mol. The van der Waals surface area contributed by atoms with Crippen LogP contribution in [0.5, 0.6) is 0 Å². The molecule has 0 aliphatic heterocycles. The third-order valence-electron chi connectivity index (χ3n) is 2.98. The molecule has 1 aromatic rings. The lowest BCUT2D eigenvalue weighted by molar-refractivity contribution is 0.282. The van der Waals surface area contributed by atoms with Gasteiger partial charge in [-0.2, -0.15) is 0 Å². The Hall–Kier alpha value is -0.540. The van der Waals surface area contributed by atoms with E-state index in [0.717, 1.165) is 23.0 Å².